The van der Waals surface area contributed by atoms with Crippen molar-refractivity contribution in [2.45, 2.75) is 25.8 Å². The predicted octanol–water partition coefficient (Wildman–Crippen LogP) is 2.89. The topological polar surface area (TPSA) is 24.5 Å². The molecule has 0 aromatic heterocycles. The van der Waals surface area contributed by atoms with Crippen LogP contribution in [0.3, 0.4) is 0 Å². The van der Waals surface area contributed by atoms with E-state index in [4.69, 9.17) is 4.74 Å². The van der Waals surface area contributed by atoms with Gasteiger partial charge in [0.2, 0.25) is 0 Å². The molecule has 1 aromatic rings. The van der Waals surface area contributed by atoms with Gasteiger partial charge < -0.3 is 10.1 Å². The number of hydrogen-bond acceptors (Lipinski definition) is 3. The van der Waals surface area contributed by atoms with E-state index < -0.39 is 0 Å². The second-order valence-electron chi connectivity index (χ2n) is 5.47. The zero-order valence-electron chi connectivity index (χ0n) is 11.3. The minimum atomic E-state index is 0.554. The molecule has 0 bridgehead atoms. The fourth-order valence-corrected chi connectivity index (χ4v) is 3.41. The lowest BCUT2D eigenvalue weighted by atomic mass is 9.88. The van der Waals surface area contributed by atoms with Crippen LogP contribution in [0.25, 0.3) is 0 Å². The Bertz CT molecular complexity index is 427. The molecule has 3 nitrogen and oxygen atoms in total. The maximum atomic E-state index is 5.48. The number of likely N-dealkylation sites (tertiary alicyclic amines) is 1. The third-order valence-electron chi connectivity index (χ3n) is 4.27. The van der Waals surface area contributed by atoms with E-state index in [9.17, 15) is 0 Å². The first kappa shape index (κ1) is 11.8. The van der Waals surface area contributed by atoms with Crippen LogP contribution < -0.4 is 10.1 Å². The maximum Gasteiger partial charge on any atom is 0.142 e. The van der Waals surface area contributed by atoms with E-state index in [1.165, 1.54) is 37.2 Å². The van der Waals surface area contributed by atoms with Gasteiger partial charge in [-0.25, -0.2) is 0 Å². The van der Waals surface area contributed by atoms with Gasteiger partial charge in [0.05, 0.1) is 12.8 Å². The molecule has 98 valence electrons. The summed E-state index contributed by atoms with van der Waals surface area (Å²) in [7, 11) is 1.75. The number of methoxy groups -OCH3 is 1. The molecule has 2 atom stereocenters. The summed E-state index contributed by atoms with van der Waals surface area (Å²) in [5.74, 6) is 1.63. The molecule has 0 amide bonds. The molecule has 1 aromatic carbocycles. The highest BCUT2D eigenvalue weighted by Gasteiger charge is 2.33. The van der Waals surface area contributed by atoms with Crippen LogP contribution >= 0.6 is 0 Å². The van der Waals surface area contributed by atoms with Crippen molar-refractivity contribution in [1.29, 1.82) is 0 Å². The average molecular weight is 246 g/mol. The summed E-state index contributed by atoms with van der Waals surface area (Å²) < 4.78 is 5.48. The lowest BCUT2D eigenvalue weighted by molar-refractivity contribution is 0.185. The van der Waals surface area contributed by atoms with Crippen molar-refractivity contribution >= 4 is 5.69 Å². The van der Waals surface area contributed by atoms with Gasteiger partial charge in [-0.3, -0.25) is 4.90 Å². The van der Waals surface area contributed by atoms with Crippen molar-refractivity contribution < 1.29 is 4.74 Å². The summed E-state index contributed by atoms with van der Waals surface area (Å²) in [6.07, 6.45) is 2.69. The monoisotopic (exact) mass is 246 g/mol. The third-order valence-corrected chi connectivity index (χ3v) is 4.27. The van der Waals surface area contributed by atoms with Crippen molar-refractivity contribution in [3.05, 3.63) is 23.8 Å². The number of anilines is 1. The number of para-hydroxylation sites is 1. The number of benzene rings is 1. The Morgan fingerprint density at radius 3 is 2.78 bits per heavy atom. The fraction of sp³-hybridized carbons (Fsp3) is 0.600. The highest BCUT2D eigenvalue weighted by Crippen LogP contribution is 2.42. The van der Waals surface area contributed by atoms with Crippen LogP contribution in [0.15, 0.2) is 18.2 Å². The van der Waals surface area contributed by atoms with E-state index in [2.05, 4.69) is 29.3 Å². The van der Waals surface area contributed by atoms with Gasteiger partial charge in [0.1, 0.15) is 5.75 Å². The molecular formula is C15H22N2O. The Morgan fingerprint density at radius 1 is 1.28 bits per heavy atom. The smallest absolute Gasteiger partial charge is 0.142 e. The molecule has 0 aliphatic carbocycles. The zero-order valence-corrected chi connectivity index (χ0v) is 11.3. The van der Waals surface area contributed by atoms with E-state index in [0.29, 0.717) is 12.0 Å². The quantitative estimate of drug-likeness (QED) is 0.868. The number of hydrogen-bond donors (Lipinski definition) is 1. The van der Waals surface area contributed by atoms with E-state index >= 15 is 0 Å². The number of fused-ring (bicyclic) bond motifs is 1. The molecule has 1 saturated heterocycles. The Hall–Kier alpha value is -1.22. The first-order valence-corrected chi connectivity index (χ1v) is 6.96. The summed E-state index contributed by atoms with van der Waals surface area (Å²) in [5.41, 5.74) is 2.62. The van der Waals surface area contributed by atoms with Gasteiger partial charge in [0.25, 0.3) is 0 Å². The lowest BCUT2D eigenvalue weighted by Gasteiger charge is -2.38. The van der Waals surface area contributed by atoms with Gasteiger partial charge in [0.15, 0.2) is 0 Å². The first-order chi connectivity index (χ1) is 8.81. The van der Waals surface area contributed by atoms with Gasteiger partial charge in [-0.05, 0) is 43.5 Å². The fourth-order valence-electron chi connectivity index (χ4n) is 3.41. The standard InChI is InChI=1S/C15H22N2O/c1-11-10-16-14-12(6-5-7-13(14)18-2)15(11)17-8-3-4-9-17/h5-7,11,15-16H,3-4,8-10H2,1-2H3. The molecule has 3 heteroatoms. The highest BCUT2D eigenvalue weighted by atomic mass is 16.5. The molecule has 1 fully saturated rings. The Labute approximate surface area is 109 Å². The molecule has 0 radical (unpaired) electrons. The van der Waals surface area contributed by atoms with Crippen molar-refractivity contribution in [3.63, 3.8) is 0 Å². The summed E-state index contributed by atoms with van der Waals surface area (Å²) in [6, 6.07) is 6.96. The molecule has 18 heavy (non-hydrogen) atoms. The van der Waals surface area contributed by atoms with Crippen LogP contribution in [0.2, 0.25) is 0 Å². The normalized spacial score (nSPS) is 27.7. The average Bonchev–Trinajstić information content (AvgIpc) is 2.91. The van der Waals surface area contributed by atoms with Crippen molar-refractivity contribution in [1.82, 2.24) is 4.90 Å². The van der Waals surface area contributed by atoms with Gasteiger partial charge >= 0.3 is 0 Å². The minimum Gasteiger partial charge on any atom is -0.495 e. The molecule has 2 heterocycles. The van der Waals surface area contributed by atoms with Crippen LogP contribution in [-0.2, 0) is 0 Å². The van der Waals surface area contributed by atoms with Crippen molar-refractivity contribution in [2.24, 2.45) is 5.92 Å². The van der Waals surface area contributed by atoms with Gasteiger partial charge in [-0.1, -0.05) is 19.1 Å². The molecule has 0 saturated carbocycles. The number of nitrogens with one attached hydrogen (secondary N) is 1. The summed E-state index contributed by atoms with van der Waals surface area (Å²) in [5, 5.41) is 3.53. The number of ether oxygens (including phenoxy) is 1. The Balaban J connectivity index is 2.00. The van der Waals surface area contributed by atoms with Crippen LogP contribution in [0.4, 0.5) is 5.69 Å². The van der Waals surface area contributed by atoms with E-state index in [0.717, 1.165) is 12.3 Å². The zero-order chi connectivity index (χ0) is 12.5. The van der Waals surface area contributed by atoms with Crippen LogP contribution in [-0.4, -0.2) is 31.6 Å². The van der Waals surface area contributed by atoms with E-state index in [1.54, 1.807) is 7.11 Å². The Morgan fingerprint density at radius 2 is 2.06 bits per heavy atom. The molecule has 2 unspecified atom stereocenters. The van der Waals surface area contributed by atoms with E-state index in [-0.39, 0.29) is 0 Å². The van der Waals surface area contributed by atoms with Crippen LogP contribution in [0.1, 0.15) is 31.4 Å². The highest BCUT2D eigenvalue weighted by molar-refractivity contribution is 5.64. The molecular weight excluding hydrogens is 224 g/mol. The molecule has 2 aliphatic heterocycles. The second-order valence-corrected chi connectivity index (χ2v) is 5.47. The van der Waals surface area contributed by atoms with E-state index in [1.807, 2.05) is 6.07 Å². The molecule has 0 spiro atoms. The maximum absolute atomic E-state index is 5.48. The van der Waals surface area contributed by atoms with Gasteiger partial charge in [-0.2, -0.15) is 0 Å². The molecule has 2 aliphatic rings. The van der Waals surface area contributed by atoms with Crippen LogP contribution in [0.5, 0.6) is 5.75 Å². The summed E-state index contributed by atoms with van der Waals surface area (Å²) in [6.45, 7) is 5.87. The minimum absolute atomic E-state index is 0.554. The lowest BCUT2D eigenvalue weighted by Crippen LogP contribution is -2.37. The molecule has 3 rings (SSSR count). The second kappa shape index (κ2) is 4.81. The largest absolute Gasteiger partial charge is 0.495 e. The first-order valence-electron chi connectivity index (χ1n) is 6.96. The Kier molecular flexibility index (Phi) is 3.16. The third kappa shape index (κ3) is 1.87. The predicted molar refractivity (Wildman–Crippen MR) is 74.2 cm³/mol. The summed E-state index contributed by atoms with van der Waals surface area (Å²) >= 11 is 0. The SMILES string of the molecule is COc1cccc2c1NCC(C)C2N1CCCC1. The molecule has 1 N–H and O–H groups in total. The number of nitrogens with zero attached hydrogens (tertiary/aromatic N) is 1. The summed E-state index contributed by atoms with van der Waals surface area (Å²) in [4.78, 5) is 2.64. The van der Waals surface area contributed by atoms with Crippen molar-refractivity contribution in [3.8, 4) is 5.75 Å². The van der Waals surface area contributed by atoms with Gasteiger partial charge in [-0.15, -0.1) is 0 Å². The number of rotatable bonds is 2. The van der Waals surface area contributed by atoms with Crippen molar-refractivity contribution in [2.75, 3.05) is 32.1 Å². The van der Waals surface area contributed by atoms with Gasteiger partial charge in [0, 0.05) is 12.6 Å². The van der Waals surface area contributed by atoms with Crippen LogP contribution in [0, 0.1) is 5.92 Å².